The molecule has 0 aliphatic carbocycles. The molecule has 0 aliphatic heterocycles. The van der Waals surface area contributed by atoms with Gasteiger partial charge in [-0.05, 0) is 17.5 Å². The van der Waals surface area contributed by atoms with E-state index in [-0.39, 0.29) is 5.82 Å². The molecule has 0 saturated heterocycles. The number of aromatic nitrogens is 2. The van der Waals surface area contributed by atoms with E-state index in [4.69, 9.17) is 7.85 Å². The van der Waals surface area contributed by atoms with Crippen molar-refractivity contribution in [1.82, 2.24) is 10.2 Å². The van der Waals surface area contributed by atoms with Crippen LogP contribution in [-0.2, 0) is 0 Å². The minimum Gasteiger partial charge on any atom is -0.207 e. The fourth-order valence-corrected chi connectivity index (χ4v) is 1.09. The fraction of sp³-hybridized carbons (Fsp3) is 0. The molecule has 1 aromatic heterocycles. The molecule has 0 unspecified atom stereocenters. The van der Waals surface area contributed by atoms with Crippen LogP contribution in [0.15, 0.2) is 24.4 Å². The van der Waals surface area contributed by atoms with Gasteiger partial charge in [0.1, 0.15) is 13.7 Å². The van der Waals surface area contributed by atoms with Crippen LogP contribution in [0, 0.1) is 5.82 Å². The van der Waals surface area contributed by atoms with Gasteiger partial charge in [-0.3, -0.25) is 0 Å². The quantitative estimate of drug-likeness (QED) is 0.523. The molecule has 0 spiro atoms. The molecular formula is C8H4BFN2. The van der Waals surface area contributed by atoms with E-state index in [1.165, 1.54) is 18.3 Å². The summed E-state index contributed by atoms with van der Waals surface area (Å²) < 4.78 is 12.7. The fourth-order valence-electron chi connectivity index (χ4n) is 1.09. The number of benzene rings is 1. The van der Waals surface area contributed by atoms with Crippen LogP contribution in [-0.4, -0.2) is 18.0 Å². The van der Waals surface area contributed by atoms with E-state index >= 15 is 0 Å². The molecule has 2 rings (SSSR count). The summed E-state index contributed by atoms with van der Waals surface area (Å²) in [7, 11) is 5.55. The van der Waals surface area contributed by atoms with Crippen molar-refractivity contribution in [2.24, 2.45) is 0 Å². The molecule has 2 nitrogen and oxygen atoms in total. The molecule has 0 saturated carbocycles. The average Bonchev–Trinajstić information content (AvgIpc) is 2.04. The van der Waals surface area contributed by atoms with E-state index in [1.807, 2.05) is 0 Å². The number of nitrogens with zero attached hydrogens (tertiary/aromatic N) is 2. The summed E-state index contributed by atoms with van der Waals surface area (Å²) in [5, 5.41) is 8.08. The van der Waals surface area contributed by atoms with Crippen LogP contribution in [0.4, 0.5) is 4.39 Å². The van der Waals surface area contributed by atoms with Crippen LogP contribution in [0.2, 0.25) is 0 Å². The van der Waals surface area contributed by atoms with E-state index in [0.717, 1.165) is 5.39 Å². The lowest BCUT2D eigenvalue weighted by Crippen LogP contribution is -2.05. The average molecular weight is 158 g/mol. The van der Waals surface area contributed by atoms with E-state index in [2.05, 4.69) is 10.2 Å². The van der Waals surface area contributed by atoms with Crippen molar-refractivity contribution in [2.45, 2.75) is 0 Å². The Bertz CT molecular complexity index is 430. The predicted octanol–water partition coefficient (Wildman–Crippen LogP) is 0.563. The van der Waals surface area contributed by atoms with Gasteiger partial charge in [-0.25, -0.2) is 4.39 Å². The van der Waals surface area contributed by atoms with E-state index in [1.54, 1.807) is 6.07 Å². The third-order valence-corrected chi connectivity index (χ3v) is 1.63. The predicted molar refractivity (Wildman–Crippen MR) is 44.9 cm³/mol. The summed E-state index contributed by atoms with van der Waals surface area (Å²) in [6.07, 6.45) is 1.52. The molecule has 56 valence electrons. The Morgan fingerprint density at radius 1 is 1.33 bits per heavy atom. The summed E-state index contributed by atoms with van der Waals surface area (Å²) in [6.45, 7) is 0. The van der Waals surface area contributed by atoms with E-state index < -0.39 is 0 Å². The van der Waals surface area contributed by atoms with Crippen LogP contribution in [0.1, 0.15) is 0 Å². The molecule has 4 heteroatoms. The Morgan fingerprint density at radius 3 is 3.00 bits per heavy atom. The van der Waals surface area contributed by atoms with Gasteiger partial charge in [0.05, 0.1) is 11.7 Å². The highest BCUT2D eigenvalue weighted by Gasteiger charge is 1.99. The van der Waals surface area contributed by atoms with Crippen LogP contribution in [0.25, 0.3) is 10.9 Å². The summed E-state index contributed by atoms with van der Waals surface area (Å²) in [4.78, 5) is 0. The zero-order valence-corrected chi connectivity index (χ0v) is 6.16. The maximum Gasteiger partial charge on any atom is 0.124 e. The van der Waals surface area contributed by atoms with Crippen molar-refractivity contribution in [3.8, 4) is 0 Å². The van der Waals surface area contributed by atoms with Crippen molar-refractivity contribution in [1.29, 1.82) is 0 Å². The lowest BCUT2D eigenvalue weighted by atomic mass is 9.92. The molecule has 0 atom stereocenters. The van der Waals surface area contributed by atoms with Crippen molar-refractivity contribution in [3.63, 3.8) is 0 Å². The topological polar surface area (TPSA) is 25.8 Å². The SMILES string of the molecule is [B]c1cc(F)cc2nnccc12. The minimum absolute atomic E-state index is 0.388. The second-order valence-electron chi connectivity index (χ2n) is 2.46. The third kappa shape index (κ3) is 1.05. The first kappa shape index (κ1) is 7.22. The molecule has 12 heavy (non-hydrogen) atoms. The van der Waals surface area contributed by atoms with Crippen LogP contribution >= 0.6 is 0 Å². The third-order valence-electron chi connectivity index (χ3n) is 1.63. The van der Waals surface area contributed by atoms with Crippen molar-refractivity contribution in [3.05, 3.63) is 30.2 Å². The standard InChI is InChI=1S/C8H4BFN2/c9-7-3-5(10)4-8-6(7)1-2-11-12-8/h1-4H. The van der Waals surface area contributed by atoms with Gasteiger partial charge in [0.15, 0.2) is 0 Å². The number of halogens is 1. The summed E-state index contributed by atoms with van der Waals surface area (Å²) >= 11 is 0. The number of fused-ring (bicyclic) bond motifs is 1. The summed E-state index contributed by atoms with van der Waals surface area (Å²) in [5.41, 5.74) is 0.870. The molecule has 0 N–H and O–H groups in total. The monoisotopic (exact) mass is 158 g/mol. The lowest BCUT2D eigenvalue weighted by Gasteiger charge is -1.99. The Hall–Kier alpha value is -1.45. The smallest absolute Gasteiger partial charge is 0.124 e. The van der Waals surface area contributed by atoms with Crippen LogP contribution in [0.5, 0.6) is 0 Å². The van der Waals surface area contributed by atoms with Crippen molar-refractivity contribution >= 4 is 24.2 Å². The van der Waals surface area contributed by atoms with E-state index in [9.17, 15) is 4.39 Å². The summed E-state index contributed by atoms with van der Waals surface area (Å²) in [6, 6.07) is 4.28. The second kappa shape index (κ2) is 2.55. The molecular weight excluding hydrogens is 154 g/mol. The van der Waals surface area contributed by atoms with Gasteiger partial charge >= 0.3 is 0 Å². The first-order valence-electron chi connectivity index (χ1n) is 3.44. The first-order chi connectivity index (χ1) is 5.77. The van der Waals surface area contributed by atoms with Gasteiger partial charge < -0.3 is 0 Å². The first-order valence-corrected chi connectivity index (χ1v) is 3.44. The Balaban J connectivity index is 2.89. The van der Waals surface area contributed by atoms with Gasteiger partial charge in [-0.1, -0.05) is 5.46 Å². The van der Waals surface area contributed by atoms with Gasteiger partial charge in [-0.2, -0.15) is 10.2 Å². The molecule has 0 aliphatic rings. The number of rotatable bonds is 0. The van der Waals surface area contributed by atoms with Gasteiger partial charge in [0.2, 0.25) is 0 Å². The van der Waals surface area contributed by atoms with Gasteiger partial charge in [0.25, 0.3) is 0 Å². The molecule has 0 fully saturated rings. The highest BCUT2D eigenvalue weighted by molar-refractivity contribution is 6.38. The molecule has 0 amide bonds. The largest absolute Gasteiger partial charge is 0.207 e. The zero-order chi connectivity index (χ0) is 8.55. The Labute approximate surface area is 69.8 Å². The highest BCUT2D eigenvalue weighted by atomic mass is 19.1. The maximum absolute atomic E-state index is 12.7. The Kier molecular flexibility index (Phi) is 1.53. The molecule has 2 aromatic rings. The Morgan fingerprint density at radius 2 is 2.17 bits per heavy atom. The van der Waals surface area contributed by atoms with Crippen molar-refractivity contribution in [2.75, 3.05) is 0 Å². The van der Waals surface area contributed by atoms with Gasteiger partial charge in [-0.15, -0.1) is 0 Å². The number of hydrogen-bond donors (Lipinski definition) is 0. The zero-order valence-electron chi connectivity index (χ0n) is 6.16. The second-order valence-corrected chi connectivity index (χ2v) is 2.46. The summed E-state index contributed by atoms with van der Waals surface area (Å²) in [5.74, 6) is -0.388. The van der Waals surface area contributed by atoms with E-state index in [0.29, 0.717) is 11.0 Å². The lowest BCUT2D eigenvalue weighted by molar-refractivity contribution is 0.630. The molecule has 0 bridgehead atoms. The van der Waals surface area contributed by atoms with Crippen molar-refractivity contribution < 1.29 is 4.39 Å². The highest BCUT2D eigenvalue weighted by Crippen LogP contribution is 2.07. The molecule has 1 heterocycles. The molecule has 1 aromatic carbocycles. The van der Waals surface area contributed by atoms with Crippen LogP contribution < -0.4 is 5.46 Å². The van der Waals surface area contributed by atoms with Crippen LogP contribution in [0.3, 0.4) is 0 Å². The number of hydrogen-bond acceptors (Lipinski definition) is 2. The van der Waals surface area contributed by atoms with Gasteiger partial charge in [0, 0.05) is 6.07 Å². The molecule has 2 radical (unpaired) electrons. The maximum atomic E-state index is 12.7. The normalized spacial score (nSPS) is 10.4. The minimum atomic E-state index is -0.388.